The normalized spacial score (nSPS) is 17.5. The number of amides is 2. The fourth-order valence-electron chi connectivity index (χ4n) is 5.80. The van der Waals surface area contributed by atoms with Gasteiger partial charge < -0.3 is 21.0 Å². The number of nitrogen functional groups attached to an aromatic ring is 1. The molecule has 2 aliphatic heterocycles. The number of hydrogen-bond acceptors (Lipinski definition) is 14. The number of fused-ring (bicyclic) bond motifs is 1. The van der Waals surface area contributed by atoms with Crippen LogP contribution < -0.4 is 11.1 Å². The Labute approximate surface area is 308 Å². The minimum atomic E-state index is -1.32. The van der Waals surface area contributed by atoms with Gasteiger partial charge in [0.25, 0.3) is 11.8 Å². The zero-order valence-corrected chi connectivity index (χ0v) is 30.0. The van der Waals surface area contributed by atoms with Gasteiger partial charge in [0, 0.05) is 39.7 Å². The van der Waals surface area contributed by atoms with Crippen LogP contribution in [0.3, 0.4) is 0 Å². The highest BCUT2D eigenvalue weighted by atomic mass is 32.2. The number of carboxylic acids is 1. The van der Waals surface area contributed by atoms with Gasteiger partial charge in [-0.3, -0.25) is 14.5 Å². The molecular weight excluding hydrogens is 729 g/mol. The first kappa shape index (κ1) is 34.4. The minimum absolute atomic E-state index is 0.0876. The lowest BCUT2D eigenvalue weighted by atomic mass is 9.80. The summed E-state index contributed by atoms with van der Waals surface area (Å²) in [6, 6.07) is 27.4. The predicted molar refractivity (Wildman–Crippen MR) is 196 cm³/mol. The highest BCUT2D eigenvalue weighted by Crippen LogP contribution is 2.43. The van der Waals surface area contributed by atoms with Crippen LogP contribution in [-0.2, 0) is 24.8 Å². The van der Waals surface area contributed by atoms with E-state index in [1.165, 1.54) is 39.8 Å². The lowest BCUT2D eigenvalue weighted by molar-refractivity contribution is -0.150. The standard InChI is InChI=1S/C34H28N8O5S4/c1-19-38-39-33(50-19)49-18-20-17-48-30-25(29(44)42(30)26(20)31(45)46)36-28(43)24(27-37-32(35)51-41-27)40-47-34(21-11-5-2-6-12-21,22-13-7-3-8-14-22)23-15-9-4-10-16-23/h2-16,25,30H,17-18H2,1H3,(H,36,43)(H,45,46)(H2,35,37,41)/t25?,30-/m1/s1. The summed E-state index contributed by atoms with van der Waals surface area (Å²) in [5.74, 6) is -1.99. The molecule has 2 amide bonds. The number of anilines is 1. The van der Waals surface area contributed by atoms with E-state index >= 15 is 0 Å². The third-order valence-electron chi connectivity index (χ3n) is 8.10. The number of carboxylic acid groups (broad SMARTS) is 1. The van der Waals surface area contributed by atoms with Crippen molar-refractivity contribution in [1.29, 1.82) is 0 Å². The molecule has 17 heteroatoms. The number of nitrogens with zero attached hydrogens (tertiary/aromatic N) is 6. The molecule has 0 spiro atoms. The van der Waals surface area contributed by atoms with Crippen molar-refractivity contribution < 1.29 is 24.3 Å². The lowest BCUT2D eigenvalue weighted by Crippen LogP contribution is -2.71. The van der Waals surface area contributed by atoms with E-state index in [9.17, 15) is 19.5 Å². The second kappa shape index (κ2) is 14.6. The summed E-state index contributed by atoms with van der Waals surface area (Å²) in [5, 5.41) is 25.7. The molecular formula is C34H28N8O5S4. The number of thioether (sulfide) groups is 2. The first-order valence-corrected chi connectivity index (χ1v) is 19.0. The quantitative estimate of drug-likeness (QED) is 0.0532. The summed E-state index contributed by atoms with van der Waals surface area (Å²) in [7, 11) is 0. The molecule has 1 unspecified atom stereocenters. The highest BCUT2D eigenvalue weighted by Gasteiger charge is 2.54. The number of β-lactam (4-membered cyclic amide) rings is 1. The van der Waals surface area contributed by atoms with Gasteiger partial charge in [0.05, 0.1) is 0 Å². The van der Waals surface area contributed by atoms with E-state index in [1.54, 1.807) is 0 Å². The van der Waals surface area contributed by atoms with Crippen molar-refractivity contribution in [1.82, 2.24) is 29.8 Å². The topological polar surface area (TPSA) is 186 Å². The minimum Gasteiger partial charge on any atom is -0.477 e. The van der Waals surface area contributed by atoms with Gasteiger partial charge >= 0.3 is 5.97 Å². The number of nitrogens with two attached hydrogens (primary N) is 1. The van der Waals surface area contributed by atoms with Gasteiger partial charge in [-0.1, -0.05) is 119 Å². The highest BCUT2D eigenvalue weighted by molar-refractivity contribution is 8.01. The molecule has 0 bridgehead atoms. The molecule has 2 atom stereocenters. The van der Waals surface area contributed by atoms with Gasteiger partial charge in [-0.2, -0.15) is 9.36 Å². The molecule has 51 heavy (non-hydrogen) atoms. The fraction of sp³-hybridized carbons (Fsp3) is 0.176. The van der Waals surface area contributed by atoms with Crippen molar-refractivity contribution >= 4 is 75.0 Å². The smallest absolute Gasteiger partial charge is 0.352 e. The zero-order chi connectivity index (χ0) is 35.5. The SMILES string of the molecule is Cc1nnc(SCC2=C(C(=O)O)N3C(=O)C(NC(=O)C(=NOC(c4ccccc4)(c4ccccc4)c4ccccc4)c4nsc(N)n4)[C@H]3SC2)s1. The molecule has 4 heterocycles. The molecule has 0 radical (unpaired) electrons. The summed E-state index contributed by atoms with van der Waals surface area (Å²) < 4.78 is 4.94. The van der Waals surface area contributed by atoms with E-state index in [4.69, 9.17) is 10.6 Å². The average molecular weight is 757 g/mol. The molecule has 13 nitrogen and oxygen atoms in total. The van der Waals surface area contributed by atoms with E-state index in [0.717, 1.165) is 33.2 Å². The molecule has 7 rings (SSSR count). The Bertz CT molecular complexity index is 2050. The van der Waals surface area contributed by atoms with Crippen molar-refractivity contribution in [3.63, 3.8) is 0 Å². The van der Waals surface area contributed by atoms with E-state index < -0.39 is 34.8 Å². The Morgan fingerprint density at radius 1 is 1.02 bits per heavy atom. The zero-order valence-electron chi connectivity index (χ0n) is 26.7. The number of benzene rings is 3. The van der Waals surface area contributed by atoms with Crippen LogP contribution in [0.25, 0.3) is 0 Å². The van der Waals surface area contributed by atoms with E-state index in [0.29, 0.717) is 21.4 Å². The molecule has 1 saturated heterocycles. The van der Waals surface area contributed by atoms with Crippen LogP contribution in [-0.4, -0.2) is 76.0 Å². The molecule has 2 aromatic heterocycles. The van der Waals surface area contributed by atoms with E-state index in [-0.39, 0.29) is 22.4 Å². The molecule has 4 N–H and O–H groups in total. The van der Waals surface area contributed by atoms with Crippen LogP contribution in [0.2, 0.25) is 0 Å². The van der Waals surface area contributed by atoms with Gasteiger partial charge in [0.1, 0.15) is 22.1 Å². The number of aliphatic carboxylic acids is 1. The largest absolute Gasteiger partial charge is 0.477 e. The lowest BCUT2D eigenvalue weighted by Gasteiger charge is -2.49. The Hall–Kier alpha value is -5.10. The predicted octanol–water partition coefficient (Wildman–Crippen LogP) is 4.52. The van der Waals surface area contributed by atoms with Crippen molar-refractivity contribution in [3.8, 4) is 0 Å². The average Bonchev–Trinajstić information content (AvgIpc) is 3.79. The van der Waals surface area contributed by atoms with E-state index in [2.05, 4.69) is 30.0 Å². The maximum absolute atomic E-state index is 14.1. The van der Waals surface area contributed by atoms with Crippen LogP contribution in [0.15, 0.2) is 112 Å². The van der Waals surface area contributed by atoms with Gasteiger partial charge in [0.15, 0.2) is 9.47 Å². The van der Waals surface area contributed by atoms with Gasteiger partial charge in [-0.05, 0) is 12.5 Å². The van der Waals surface area contributed by atoms with Crippen LogP contribution in [0.4, 0.5) is 5.13 Å². The Morgan fingerprint density at radius 3 is 2.14 bits per heavy atom. The number of aromatic nitrogens is 4. The number of hydrogen-bond donors (Lipinski definition) is 3. The van der Waals surface area contributed by atoms with Gasteiger partial charge in [0.2, 0.25) is 17.1 Å². The van der Waals surface area contributed by atoms with Crippen molar-refractivity contribution in [3.05, 3.63) is 130 Å². The third-order valence-corrected chi connectivity index (χ3v) is 12.0. The molecule has 5 aromatic rings. The summed E-state index contributed by atoms with van der Waals surface area (Å²) in [6.07, 6.45) is 0. The molecule has 2 aliphatic rings. The first-order valence-electron chi connectivity index (χ1n) is 15.4. The van der Waals surface area contributed by atoms with Crippen molar-refractivity contribution in [2.75, 3.05) is 17.2 Å². The Kier molecular flexibility index (Phi) is 9.86. The van der Waals surface area contributed by atoms with Crippen LogP contribution in [0.5, 0.6) is 0 Å². The second-order valence-electron chi connectivity index (χ2n) is 11.3. The fourth-order valence-corrected chi connectivity index (χ4v) is 9.53. The maximum atomic E-state index is 14.1. The first-order chi connectivity index (χ1) is 24.8. The second-order valence-corrected chi connectivity index (χ2v) is 15.6. The molecule has 258 valence electrons. The molecule has 1 fully saturated rings. The summed E-state index contributed by atoms with van der Waals surface area (Å²) in [6.45, 7) is 1.84. The monoisotopic (exact) mass is 756 g/mol. The summed E-state index contributed by atoms with van der Waals surface area (Å²) >= 11 is 5.01. The number of carbonyl (C=O) groups excluding carboxylic acids is 2. The Morgan fingerprint density at radius 2 is 1.63 bits per heavy atom. The van der Waals surface area contributed by atoms with Gasteiger partial charge in [-0.25, -0.2) is 4.79 Å². The number of aryl methyl sites for hydroxylation is 1. The molecule has 0 saturated carbocycles. The van der Waals surface area contributed by atoms with Crippen molar-refractivity contribution in [2.24, 2.45) is 5.16 Å². The van der Waals surface area contributed by atoms with Crippen LogP contribution in [0.1, 0.15) is 27.5 Å². The van der Waals surface area contributed by atoms with Gasteiger partial charge in [-0.15, -0.1) is 22.0 Å². The molecule has 0 aliphatic carbocycles. The summed E-state index contributed by atoms with van der Waals surface area (Å²) in [5.41, 5.74) is 7.01. The number of nitrogens with one attached hydrogen (secondary N) is 1. The number of carbonyl (C=O) groups is 3. The van der Waals surface area contributed by atoms with E-state index in [1.807, 2.05) is 97.9 Å². The van der Waals surface area contributed by atoms with Crippen LogP contribution >= 0.6 is 46.4 Å². The third kappa shape index (κ3) is 6.72. The molecule has 3 aromatic carbocycles. The number of rotatable bonds is 12. The van der Waals surface area contributed by atoms with Crippen LogP contribution in [0, 0.1) is 6.92 Å². The number of oxime groups is 1. The maximum Gasteiger partial charge on any atom is 0.352 e. The Balaban J connectivity index is 1.21. The summed E-state index contributed by atoms with van der Waals surface area (Å²) in [4.78, 5) is 52.0. The van der Waals surface area contributed by atoms with Crippen molar-refractivity contribution in [2.45, 2.75) is 28.3 Å².